The Hall–Kier alpha value is -3.09. The smallest absolute Gasteiger partial charge is 0.269 e. The topological polar surface area (TPSA) is 55.2 Å². The molecule has 5 nitrogen and oxygen atoms in total. The fraction of sp³-hybridized carbons (Fsp3) is 0.167. The lowest BCUT2D eigenvalue weighted by molar-refractivity contribution is -0.131. The highest BCUT2D eigenvalue weighted by molar-refractivity contribution is 5.79. The number of aromatic nitrogens is 2. The molecule has 0 N–H and O–H groups in total. The first kappa shape index (κ1) is 16.8. The molecule has 25 heavy (non-hydrogen) atoms. The van der Waals surface area contributed by atoms with E-state index in [1.807, 2.05) is 0 Å². The molecule has 0 aliphatic carbocycles. The molecule has 0 bridgehead atoms. The molecule has 0 aliphatic heterocycles. The van der Waals surface area contributed by atoms with Gasteiger partial charge in [-0.05, 0) is 18.2 Å². The second-order valence-corrected chi connectivity index (χ2v) is 5.66. The van der Waals surface area contributed by atoms with Crippen LogP contribution >= 0.6 is 0 Å². The summed E-state index contributed by atoms with van der Waals surface area (Å²) in [5.41, 5.74) is 0.949. The Balaban J connectivity index is 1.82. The Labute approximate surface area is 142 Å². The third kappa shape index (κ3) is 3.55. The van der Waals surface area contributed by atoms with Crippen LogP contribution in [0.1, 0.15) is 5.56 Å². The number of carbonyl (C=O) groups excluding carboxylic acids is 1. The number of hydrogen-bond donors (Lipinski definition) is 0. The van der Waals surface area contributed by atoms with E-state index in [2.05, 4.69) is 4.98 Å². The van der Waals surface area contributed by atoms with Crippen molar-refractivity contribution in [3.63, 3.8) is 0 Å². The minimum atomic E-state index is -0.717. The second kappa shape index (κ2) is 6.80. The number of para-hydroxylation sites is 2. The van der Waals surface area contributed by atoms with Gasteiger partial charge in [0.1, 0.15) is 18.2 Å². The zero-order valence-electron chi connectivity index (χ0n) is 13.4. The number of benzene rings is 2. The lowest BCUT2D eigenvalue weighted by atomic mass is 10.2. The van der Waals surface area contributed by atoms with E-state index >= 15 is 0 Å². The Morgan fingerprint density at radius 2 is 1.96 bits per heavy atom. The predicted octanol–water partition coefficient (Wildman–Crippen LogP) is 2.33. The van der Waals surface area contributed by atoms with E-state index in [0.29, 0.717) is 11.0 Å². The molecule has 0 aliphatic rings. The summed E-state index contributed by atoms with van der Waals surface area (Å²) in [5.74, 6) is -1.77. The van der Waals surface area contributed by atoms with Crippen molar-refractivity contribution in [1.82, 2.24) is 14.5 Å². The number of hydrogen-bond acceptors (Lipinski definition) is 3. The minimum Gasteiger partial charge on any atom is -0.340 e. The molecule has 3 rings (SSSR count). The normalized spacial score (nSPS) is 10.8. The Bertz CT molecular complexity index is 1000. The van der Waals surface area contributed by atoms with E-state index in [-0.39, 0.29) is 24.6 Å². The fourth-order valence-corrected chi connectivity index (χ4v) is 2.53. The molecule has 0 saturated heterocycles. The average molecular weight is 343 g/mol. The summed E-state index contributed by atoms with van der Waals surface area (Å²) in [4.78, 5) is 29.8. The molecular weight excluding hydrogens is 328 g/mol. The van der Waals surface area contributed by atoms with Gasteiger partial charge in [-0.3, -0.25) is 14.2 Å². The van der Waals surface area contributed by atoms with Crippen molar-refractivity contribution in [2.45, 2.75) is 13.1 Å². The molecule has 3 aromatic rings. The van der Waals surface area contributed by atoms with Gasteiger partial charge in [-0.25, -0.2) is 13.8 Å². The maximum Gasteiger partial charge on any atom is 0.269 e. The number of rotatable bonds is 4. The monoisotopic (exact) mass is 343 g/mol. The van der Waals surface area contributed by atoms with Crippen LogP contribution in [0.3, 0.4) is 0 Å². The van der Waals surface area contributed by atoms with Gasteiger partial charge in [0.25, 0.3) is 5.56 Å². The molecule has 0 fully saturated rings. The van der Waals surface area contributed by atoms with Crippen LogP contribution in [0.25, 0.3) is 11.0 Å². The van der Waals surface area contributed by atoms with E-state index in [1.165, 1.54) is 22.6 Å². The number of nitrogens with zero attached hydrogens (tertiary/aromatic N) is 3. The molecule has 1 aromatic heterocycles. The largest absolute Gasteiger partial charge is 0.340 e. The molecular formula is C18H15F2N3O2. The molecule has 128 valence electrons. The SMILES string of the molecule is CN(Cc1ccc(F)cc1F)C(=O)Cn1c(=O)cnc2ccccc21. The zero-order chi connectivity index (χ0) is 18.0. The Morgan fingerprint density at radius 3 is 2.72 bits per heavy atom. The highest BCUT2D eigenvalue weighted by Gasteiger charge is 2.15. The van der Waals surface area contributed by atoms with Crippen LogP contribution in [-0.2, 0) is 17.9 Å². The van der Waals surface area contributed by atoms with Crippen LogP contribution in [0.5, 0.6) is 0 Å². The second-order valence-electron chi connectivity index (χ2n) is 5.66. The van der Waals surface area contributed by atoms with Crippen molar-refractivity contribution in [1.29, 1.82) is 0 Å². The first-order valence-corrected chi connectivity index (χ1v) is 7.58. The third-order valence-corrected chi connectivity index (χ3v) is 3.89. The molecule has 7 heteroatoms. The van der Waals surface area contributed by atoms with Gasteiger partial charge in [0.05, 0.1) is 17.2 Å². The van der Waals surface area contributed by atoms with Crippen molar-refractivity contribution < 1.29 is 13.6 Å². The summed E-state index contributed by atoms with van der Waals surface area (Å²) < 4.78 is 28.0. The molecule has 0 spiro atoms. The van der Waals surface area contributed by atoms with Crippen LogP contribution in [0.15, 0.2) is 53.5 Å². The van der Waals surface area contributed by atoms with Crippen LogP contribution < -0.4 is 5.56 Å². The molecule has 0 radical (unpaired) electrons. The van der Waals surface area contributed by atoms with Gasteiger partial charge in [-0.15, -0.1) is 0 Å². The summed E-state index contributed by atoms with van der Waals surface area (Å²) in [7, 11) is 1.50. The number of halogens is 2. The minimum absolute atomic E-state index is 0.0251. The number of fused-ring (bicyclic) bond motifs is 1. The number of amides is 1. The van der Waals surface area contributed by atoms with Crippen molar-refractivity contribution in [3.05, 3.63) is 76.2 Å². The van der Waals surface area contributed by atoms with E-state index in [4.69, 9.17) is 0 Å². The van der Waals surface area contributed by atoms with Crippen molar-refractivity contribution >= 4 is 16.9 Å². The van der Waals surface area contributed by atoms with Crippen molar-refractivity contribution in [2.75, 3.05) is 7.05 Å². The maximum atomic E-state index is 13.7. The fourth-order valence-electron chi connectivity index (χ4n) is 2.53. The van der Waals surface area contributed by atoms with E-state index in [9.17, 15) is 18.4 Å². The zero-order valence-corrected chi connectivity index (χ0v) is 13.4. The summed E-state index contributed by atoms with van der Waals surface area (Å²) in [6, 6.07) is 10.2. The molecule has 1 heterocycles. The van der Waals surface area contributed by atoms with Gasteiger partial charge < -0.3 is 4.90 Å². The highest BCUT2D eigenvalue weighted by Crippen LogP contribution is 2.13. The Morgan fingerprint density at radius 1 is 1.20 bits per heavy atom. The molecule has 1 amide bonds. The predicted molar refractivity (Wildman–Crippen MR) is 88.8 cm³/mol. The van der Waals surface area contributed by atoms with E-state index in [0.717, 1.165) is 18.3 Å². The first-order valence-electron chi connectivity index (χ1n) is 7.58. The third-order valence-electron chi connectivity index (χ3n) is 3.89. The molecule has 0 saturated carbocycles. The standard InChI is InChI=1S/C18H15F2N3O2/c1-22(10-12-6-7-13(19)8-14(12)20)18(25)11-23-16-5-3-2-4-15(16)21-9-17(23)24/h2-9H,10-11H2,1H3. The number of likely N-dealkylation sites (N-methyl/N-ethyl adjacent to an activating group) is 1. The summed E-state index contributed by atoms with van der Waals surface area (Å²) in [5, 5.41) is 0. The van der Waals surface area contributed by atoms with Gasteiger partial charge in [0.15, 0.2) is 0 Å². The highest BCUT2D eigenvalue weighted by atomic mass is 19.1. The molecule has 2 aromatic carbocycles. The van der Waals surface area contributed by atoms with Crippen LogP contribution in [0, 0.1) is 11.6 Å². The summed E-state index contributed by atoms with van der Waals surface area (Å²) >= 11 is 0. The number of carbonyl (C=O) groups is 1. The quantitative estimate of drug-likeness (QED) is 0.731. The van der Waals surface area contributed by atoms with Crippen molar-refractivity contribution in [3.8, 4) is 0 Å². The Kier molecular flexibility index (Phi) is 4.56. The lowest BCUT2D eigenvalue weighted by Crippen LogP contribution is -2.34. The lowest BCUT2D eigenvalue weighted by Gasteiger charge is -2.19. The average Bonchev–Trinajstić information content (AvgIpc) is 2.59. The van der Waals surface area contributed by atoms with Gasteiger partial charge in [0, 0.05) is 25.2 Å². The van der Waals surface area contributed by atoms with E-state index in [1.54, 1.807) is 24.3 Å². The summed E-state index contributed by atoms with van der Waals surface area (Å²) in [6.45, 7) is -0.218. The van der Waals surface area contributed by atoms with Crippen LogP contribution in [0.2, 0.25) is 0 Å². The van der Waals surface area contributed by atoms with Gasteiger partial charge >= 0.3 is 0 Å². The maximum absolute atomic E-state index is 13.7. The molecule has 0 atom stereocenters. The van der Waals surface area contributed by atoms with Gasteiger partial charge in [-0.2, -0.15) is 0 Å². The molecule has 0 unspecified atom stereocenters. The van der Waals surface area contributed by atoms with Crippen molar-refractivity contribution in [2.24, 2.45) is 0 Å². The summed E-state index contributed by atoms with van der Waals surface area (Å²) in [6.07, 6.45) is 1.16. The van der Waals surface area contributed by atoms with Gasteiger partial charge in [0.2, 0.25) is 5.91 Å². The van der Waals surface area contributed by atoms with Crippen LogP contribution in [0.4, 0.5) is 8.78 Å². The van der Waals surface area contributed by atoms with Crippen LogP contribution in [-0.4, -0.2) is 27.4 Å². The van der Waals surface area contributed by atoms with Gasteiger partial charge in [-0.1, -0.05) is 18.2 Å². The van der Waals surface area contributed by atoms with E-state index < -0.39 is 17.2 Å². The first-order chi connectivity index (χ1) is 12.0.